The van der Waals surface area contributed by atoms with Crippen LogP contribution >= 0.6 is 0 Å². The second-order valence-corrected chi connectivity index (χ2v) is 5.02. The van der Waals surface area contributed by atoms with Gasteiger partial charge in [-0.25, -0.2) is 9.97 Å². The van der Waals surface area contributed by atoms with Crippen molar-refractivity contribution in [3.8, 4) is 34.0 Å². The minimum Gasteiger partial charge on any atom is -0.610 e. The van der Waals surface area contributed by atoms with Crippen LogP contribution in [0.25, 0.3) is 22.5 Å². The van der Waals surface area contributed by atoms with Gasteiger partial charge in [0.05, 0.1) is 6.61 Å². The molecule has 3 rings (SSSR count). The van der Waals surface area contributed by atoms with Gasteiger partial charge in [0.2, 0.25) is 0 Å². The third-order valence-corrected chi connectivity index (χ3v) is 3.38. The molecule has 131 valence electrons. The topological polar surface area (TPSA) is 70.5 Å². The van der Waals surface area contributed by atoms with Gasteiger partial charge in [-0.3, -0.25) is 0 Å². The minimum atomic E-state index is 0. The molecule has 0 amide bonds. The van der Waals surface area contributed by atoms with E-state index in [0.29, 0.717) is 23.9 Å². The average Bonchev–Trinajstić information content (AvgIpc) is 2.68. The van der Waals surface area contributed by atoms with E-state index in [0.717, 1.165) is 16.7 Å². The SMILES string of the molecule is CCOOc1ccc(-c2ncc(-c3ccc(O[C-]=O)cc3)cn2)cc1.[V]. The summed E-state index contributed by atoms with van der Waals surface area (Å²) in [7, 11) is 0. The van der Waals surface area contributed by atoms with Gasteiger partial charge in [0.25, 0.3) is 0 Å². The normalized spacial score (nSPS) is 9.88. The fourth-order valence-corrected chi connectivity index (χ4v) is 2.18. The quantitative estimate of drug-likeness (QED) is 0.351. The van der Waals surface area contributed by atoms with E-state index in [1.807, 2.05) is 31.2 Å². The summed E-state index contributed by atoms with van der Waals surface area (Å²) in [5.74, 6) is 1.67. The summed E-state index contributed by atoms with van der Waals surface area (Å²) in [6.07, 6.45) is 3.49. The first-order chi connectivity index (χ1) is 12.3. The minimum absolute atomic E-state index is 0. The van der Waals surface area contributed by atoms with Crippen molar-refractivity contribution in [3.05, 3.63) is 60.9 Å². The van der Waals surface area contributed by atoms with E-state index in [2.05, 4.69) is 14.7 Å². The zero-order chi connectivity index (χ0) is 17.5. The molecule has 3 aromatic rings. The Bertz CT molecular complexity index is 822. The third-order valence-electron chi connectivity index (χ3n) is 3.38. The molecule has 26 heavy (non-hydrogen) atoms. The van der Waals surface area contributed by atoms with Gasteiger partial charge in [-0.15, -0.1) is 12.1 Å². The maximum Gasteiger partial charge on any atom is 0.170 e. The average molecular weight is 386 g/mol. The summed E-state index contributed by atoms with van der Waals surface area (Å²) in [5, 5.41) is 0. The fourth-order valence-electron chi connectivity index (χ4n) is 2.18. The van der Waals surface area contributed by atoms with Crippen LogP contribution in [-0.4, -0.2) is 23.0 Å². The molecule has 1 aromatic heterocycles. The zero-order valence-electron chi connectivity index (χ0n) is 14.0. The van der Waals surface area contributed by atoms with Crippen LogP contribution in [0.4, 0.5) is 0 Å². The van der Waals surface area contributed by atoms with Gasteiger partial charge in [0, 0.05) is 42.1 Å². The Morgan fingerprint density at radius 2 is 1.42 bits per heavy atom. The third kappa shape index (κ3) is 4.92. The number of benzene rings is 2. The molecule has 1 heterocycles. The van der Waals surface area contributed by atoms with Crippen molar-refractivity contribution in [2.45, 2.75) is 6.92 Å². The standard InChI is InChI=1S/C19H15N2O4.V/c1-2-24-25-18-9-5-15(6-10-18)19-20-11-16(12-21-19)14-3-7-17(8-4-14)23-13-22;/h3-12H,2H2,1H3;/q-1;. The Kier molecular flexibility index (Phi) is 7.35. The van der Waals surface area contributed by atoms with Crippen LogP contribution in [0.15, 0.2) is 60.9 Å². The summed E-state index contributed by atoms with van der Waals surface area (Å²) in [6.45, 7) is 3.72. The van der Waals surface area contributed by atoms with E-state index < -0.39 is 0 Å². The van der Waals surface area contributed by atoms with Crippen LogP contribution in [0.3, 0.4) is 0 Å². The summed E-state index contributed by atoms with van der Waals surface area (Å²) >= 11 is 0. The Hall–Kier alpha value is -2.67. The predicted octanol–water partition coefficient (Wildman–Crippen LogP) is 3.58. The van der Waals surface area contributed by atoms with Crippen LogP contribution in [0.5, 0.6) is 11.5 Å². The van der Waals surface area contributed by atoms with E-state index in [1.165, 1.54) is 6.47 Å². The summed E-state index contributed by atoms with van der Waals surface area (Å²) in [5.41, 5.74) is 2.66. The molecule has 0 saturated heterocycles. The number of ether oxygens (including phenoxy) is 1. The Morgan fingerprint density at radius 3 is 2.00 bits per heavy atom. The first kappa shape index (κ1) is 19.7. The molecule has 0 aliphatic heterocycles. The predicted molar refractivity (Wildman–Crippen MR) is 91.5 cm³/mol. The monoisotopic (exact) mass is 386 g/mol. The Balaban J connectivity index is 0.00000243. The summed E-state index contributed by atoms with van der Waals surface area (Å²) in [6, 6.07) is 14.3. The second kappa shape index (κ2) is 9.72. The molecule has 0 unspecified atom stereocenters. The van der Waals surface area contributed by atoms with Crippen LogP contribution in [0.2, 0.25) is 0 Å². The number of hydrogen-bond acceptors (Lipinski definition) is 6. The maximum atomic E-state index is 10.2. The first-order valence-corrected chi connectivity index (χ1v) is 7.66. The van der Waals surface area contributed by atoms with Crippen molar-refractivity contribution >= 4 is 6.47 Å². The van der Waals surface area contributed by atoms with Crippen LogP contribution < -0.4 is 9.62 Å². The van der Waals surface area contributed by atoms with Gasteiger partial charge in [-0.05, 0) is 42.5 Å². The summed E-state index contributed by atoms with van der Waals surface area (Å²) in [4.78, 5) is 29.0. The number of rotatable bonds is 7. The number of aromatic nitrogens is 2. The molecule has 0 aliphatic rings. The smallest absolute Gasteiger partial charge is 0.170 e. The molecule has 0 saturated carbocycles. The molecule has 0 N–H and O–H groups in total. The Labute approximate surface area is 163 Å². The Morgan fingerprint density at radius 1 is 0.846 bits per heavy atom. The van der Waals surface area contributed by atoms with E-state index >= 15 is 0 Å². The molecule has 2 aromatic carbocycles. The van der Waals surface area contributed by atoms with E-state index in [1.54, 1.807) is 36.7 Å². The van der Waals surface area contributed by atoms with Crippen LogP contribution in [-0.2, 0) is 28.2 Å². The second-order valence-electron chi connectivity index (χ2n) is 5.02. The molecular formula is C19H15N2O4V-. The number of hydrogen-bond donors (Lipinski definition) is 0. The molecule has 7 heteroatoms. The van der Waals surface area contributed by atoms with Crippen molar-refractivity contribution in [2.75, 3.05) is 6.61 Å². The van der Waals surface area contributed by atoms with Crippen molar-refractivity contribution in [3.63, 3.8) is 0 Å². The van der Waals surface area contributed by atoms with Crippen LogP contribution in [0.1, 0.15) is 6.92 Å². The molecule has 6 nitrogen and oxygen atoms in total. The van der Waals surface area contributed by atoms with E-state index in [4.69, 9.17) is 9.78 Å². The first-order valence-electron chi connectivity index (χ1n) is 7.66. The van der Waals surface area contributed by atoms with Gasteiger partial charge in [0.15, 0.2) is 18.0 Å². The molecular weight excluding hydrogens is 371 g/mol. The van der Waals surface area contributed by atoms with Crippen molar-refractivity contribution in [1.29, 1.82) is 0 Å². The van der Waals surface area contributed by atoms with Crippen molar-refractivity contribution in [1.82, 2.24) is 9.97 Å². The zero-order valence-corrected chi connectivity index (χ0v) is 15.4. The van der Waals surface area contributed by atoms with Gasteiger partial charge in [-0.2, -0.15) is 4.89 Å². The molecule has 0 atom stereocenters. The van der Waals surface area contributed by atoms with Gasteiger partial charge in [-0.1, -0.05) is 12.1 Å². The molecule has 1 radical (unpaired) electrons. The van der Waals surface area contributed by atoms with Gasteiger partial charge < -0.3 is 14.4 Å². The molecule has 0 aliphatic carbocycles. The molecule has 0 fully saturated rings. The summed E-state index contributed by atoms with van der Waals surface area (Å²) < 4.78 is 4.65. The maximum absolute atomic E-state index is 10.2. The fraction of sp³-hybridized carbons (Fsp3) is 0.105. The molecule has 0 spiro atoms. The van der Waals surface area contributed by atoms with E-state index in [-0.39, 0.29) is 18.6 Å². The van der Waals surface area contributed by atoms with Gasteiger partial charge in [0.1, 0.15) is 0 Å². The number of nitrogens with zero attached hydrogens (tertiary/aromatic N) is 2. The number of carbonyl (C=O) groups excluding carboxylic acids is 1. The van der Waals surface area contributed by atoms with Crippen LogP contribution in [0, 0.1) is 0 Å². The van der Waals surface area contributed by atoms with Crippen molar-refractivity contribution < 1.29 is 37.9 Å². The van der Waals surface area contributed by atoms with E-state index in [9.17, 15) is 4.79 Å². The largest absolute Gasteiger partial charge is 0.610 e. The van der Waals surface area contributed by atoms with Crippen molar-refractivity contribution in [2.24, 2.45) is 0 Å². The van der Waals surface area contributed by atoms with Gasteiger partial charge >= 0.3 is 0 Å². The molecule has 0 bridgehead atoms.